The van der Waals surface area contributed by atoms with Crippen molar-refractivity contribution in [1.82, 2.24) is 30.8 Å². The fraction of sp³-hybridized carbons (Fsp3) is 0.415. The Balaban J connectivity index is 1.70. The van der Waals surface area contributed by atoms with Gasteiger partial charge in [-0.3, -0.25) is 0 Å². The second-order valence-electron chi connectivity index (χ2n) is 15.9. The number of hydrogen-bond acceptors (Lipinski definition) is 6. The first-order valence-electron chi connectivity index (χ1n) is 17.4. The van der Waals surface area contributed by atoms with Crippen molar-refractivity contribution in [1.29, 1.82) is 0 Å². The van der Waals surface area contributed by atoms with Gasteiger partial charge in [0.2, 0.25) is 0 Å². The normalized spacial score (nSPS) is 13.1. The predicted molar refractivity (Wildman–Crippen MR) is 199 cm³/mol. The van der Waals surface area contributed by atoms with E-state index in [1.807, 2.05) is 48.5 Å². The molecule has 256 valence electrons. The minimum Gasteiger partial charge on any atom is -0.507 e. The second-order valence-corrected chi connectivity index (χ2v) is 15.9. The van der Waals surface area contributed by atoms with E-state index in [0.29, 0.717) is 6.42 Å². The summed E-state index contributed by atoms with van der Waals surface area (Å²) < 4.78 is 0. The lowest BCUT2D eigenvalue weighted by Gasteiger charge is -2.45. The van der Waals surface area contributed by atoms with E-state index < -0.39 is 0 Å². The lowest BCUT2D eigenvalue weighted by Crippen LogP contribution is -2.38. The second kappa shape index (κ2) is 12.0. The van der Waals surface area contributed by atoms with Crippen molar-refractivity contribution >= 4 is 22.1 Å². The fourth-order valence-electron chi connectivity index (χ4n) is 7.44. The molecule has 0 saturated carbocycles. The van der Waals surface area contributed by atoms with Gasteiger partial charge < -0.3 is 10.2 Å². The number of hydrogen-bond donors (Lipinski definition) is 4. The highest BCUT2D eigenvalue weighted by Crippen LogP contribution is 2.54. The number of rotatable bonds is 10. The Bertz CT molecular complexity index is 2010. The fourth-order valence-corrected chi connectivity index (χ4v) is 7.44. The van der Waals surface area contributed by atoms with Crippen LogP contribution in [0.25, 0.3) is 44.3 Å². The van der Waals surface area contributed by atoms with Crippen LogP contribution in [0.1, 0.15) is 104 Å². The van der Waals surface area contributed by atoms with Crippen LogP contribution in [0.3, 0.4) is 0 Å². The van der Waals surface area contributed by atoms with Gasteiger partial charge in [0, 0.05) is 22.3 Å². The zero-order chi connectivity index (χ0) is 35.5. The molecule has 2 heterocycles. The molecule has 0 spiro atoms. The zero-order valence-electron chi connectivity index (χ0n) is 30.6. The quantitative estimate of drug-likeness (QED) is 0.116. The van der Waals surface area contributed by atoms with Crippen molar-refractivity contribution in [3.8, 4) is 33.8 Å². The van der Waals surface area contributed by atoms with Gasteiger partial charge in [0.15, 0.2) is 0 Å². The van der Waals surface area contributed by atoms with Crippen LogP contribution in [-0.4, -0.2) is 41.0 Å². The van der Waals surface area contributed by atoms with Crippen LogP contribution < -0.4 is 0 Å². The third kappa shape index (κ3) is 5.36. The minimum absolute atomic E-state index is 0.128. The highest BCUT2D eigenvalue weighted by atomic mass is 16.3. The predicted octanol–water partition coefficient (Wildman–Crippen LogP) is 9.99. The molecular formula is C41H50N6O2. The van der Waals surface area contributed by atoms with Gasteiger partial charge in [-0.2, -0.15) is 30.8 Å². The number of para-hydroxylation sites is 2. The number of nitrogens with zero attached hydrogens (tertiary/aromatic N) is 4. The maximum Gasteiger partial charge on any atom is 0.123 e. The van der Waals surface area contributed by atoms with E-state index in [2.05, 4.69) is 112 Å². The zero-order valence-corrected chi connectivity index (χ0v) is 30.6. The van der Waals surface area contributed by atoms with Gasteiger partial charge in [0.05, 0.1) is 0 Å². The van der Waals surface area contributed by atoms with Gasteiger partial charge in [-0.15, -0.1) is 0 Å². The summed E-state index contributed by atoms with van der Waals surface area (Å²) in [4.78, 5) is 0. The molecule has 6 aromatic rings. The molecule has 0 radical (unpaired) electrons. The van der Waals surface area contributed by atoms with E-state index in [1.165, 1.54) is 0 Å². The summed E-state index contributed by atoms with van der Waals surface area (Å²) in [5.74, 6) is 0.428. The SMILES string of the molecule is CCC(C)(C)C(C)(C)c1c(Cc2ccc(O)c(-c3cccc4n[nH]nc34)c2C(C)(C)C(C)(C)CC)ccc(O)c1-c1cccc2n[nH]nc12. The lowest BCUT2D eigenvalue weighted by molar-refractivity contribution is 0.187. The molecule has 8 nitrogen and oxygen atoms in total. The molecule has 0 aliphatic carbocycles. The van der Waals surface area contributed by atoms with Crippen LogP contribution in [-0.2, 0) is 17.3 Å². The molecule has 0 aliphatic heterocycles. The number of nitrogens with one attached hydrogen (secondary N) is 2. The Hall–Kier alpha value is -4.72. The standard InChI is InChI=1S/C41H50N6O2/c1-11-38(3,4)40(7,8)34-24(19-21-30(48)32(34)26-15-13-17-28-36(26)44-46-42-28)23-25-20-22-31(49)33(35(25)41(9,10)39(5,6)12-2)27-16-14-18-29-37(27)45-47-43-29/h13-22,48-49H,11-12,23H2,1-10H3,(H,42,44,46)(H,43,45,47). The van der Waals surface area contributed by atoms with Crippen LogP contribution >= 0.6 is 0 Å². The molecular weight excluding hydrogens is 608 g/mol. The summed E-state index contributed by atoms with van der Waals surface area (Å²) in [6, 6.07) is 19.7. The first-order valence-corrected chi connectivity index (χ1v) is 17.4. The summed E-state index contributed by atoms with van der Waals surface area (Å²) in [5.41, 5.74) is 9.59. The molecule has 49 heavy (non-hydrogen) atoms. The first kappa shape index (κ1) is 34.2. The van der Waals surface area contributed by atoms with Crippen LogP contribution in [0.5, 0.6) is 11.5 Å². The van der Waals surface area contributed by atoms with Crippen molar-refractivity contribution in [3.63, 3.8) is 0 Å². The van der Waals surface area contributed by atoms with E-state index in [1.54, 1.807) is 0 Å². The molecule has 0 fully saturated rings. The summed E-state index contributed by atoms with van der Waals surface area (Å²) in [5, 5.41) is 46.9. The molecule has 2 aromatic heterocycles. The summed E-state index contributed by atoms with van der Waals surface area (Å²) in [6.45, 7) is 22.8. The third-order valence-electron chi connectivity index (χ3n) is 12.6. The first-order chi connectivity index (χ1) is 23.1. The van der Waals surface area contributed by atoms with E-state index in [4.69, 9.17) is 0 Å². The van der Waals surface area contributed by atoms with E-state index in [0.717, 1.165) is 79.4 Å². The van der Waals surface area contributed by atoms with Crippen molar-refractivity contribution in [2.45, 2.75) is 99.3 Å². The molecule has 8 heteroatoms. The molecule has 0 aliphatic rings. The molecule has 4 aromatic carbocycles. The van der Waals surface area contributed by atoms with E-state index in [-0.39, 0.29) is 33.2 Å². The summed E-state index contributed by atoms with van der Waals surface area (Å²) in [7, 11) is 0. The van der Waals surface area contributed by atoms with Crippen molar-refractivity contribution < 1.29 is 10.2 Å². The van der Waals surface area contributed by atoms with Crippen LogP contribution in [0.15, 0.2) is 60.7 Å². The summed E-state index contributed by atoms with van der Waals surface area (Å²) in [6.07, 6.45) is 2.47. The van der Waals surface area contributed by atoms with E-state index >= 15 is 0 Å². The minimum atomic E-state index is -0.374. The molecule has 6 rings (SSSR count). The Morgan fingerprint density at radius 2 is 0.918 bits per heavy atom. The number of aromatic nitrogens is 6. The Morgan fingerprint density at radius 1 is 0.531 bits per heavy atom. The number of H-pyrrole nitrogens is 2. The van der Waals surface area contributed by atoms with Crippen molar-refractivity contribution in [2.75, 3.05) is 0 Å². The van der Waals surface area contributed by atoms with Crippen LogP contribution in [0.4, 0.5) is 0 Å². The monoisotopic (exact) mass is 658 g/mol. The Labute approximate surface area is 289 Å². The van der Waals surface area contributed by atoms with E-state index in [9.17, 15) is 10.2 Å². The molecule has 0 bridgehead atoms. The Kier molecular flexibility index (Phi) is 8.37. The molecule has 4 N–H and O–H groups in total. The average molecular weight is 659 g/mol. The number of phenols is 2. The van der Waals surface area contributed by atoms with Crippen LogP contribution in [0, 0.1) is 10.8 Å². The average Bonchev–Trinajstić information content (AvgIpc) is 3.76. The van der Waals surface area contributed by atoms with Gasteiger partial charge >= 0.3 is 0 Å². The van der Waals surface area contributed by atoms with Gasteiger partial charge in [-0.1, -0.05) is 118 Å². The summed E-state index contributed by atoms with van der Waals surface area (Å²) >= 11 is 0. The van der Waals surface area contributed by atoms with Crippen molar-refractivity contribution in [2.24, 2.45) is 10.8 Å². The van der Waals surface area contributed by atoms with Gasteiger partial charge in [0.1, 0.15) is 33.6 Å². The highest BCUT2D eigenvalue weighted by Gasteiger charge is 2.43. The smallest absolute Gasteiger partial charge is 0.123 e. The maximum atomic E-state index is 11.8. The topological polar surface area (TPSA) is 124 Å². The third-order valence-corrected chi connectivity index (χ3v) is 12.6. The Morgan fingerprint density at radius 3 is 1.29 bits per heavy atom. The number of phenolic OH excluding ortho intramolecular Hbond substituents is 2. The van der Waals surface area contributed by atoms with Gasteiger partial charge in [-0.25, -0.2) is 0 Å². The highest BCUT2D eigenvalue weighted by molar-refractivity contribution is 5.96. The van der Waals surface area contributed by atoms with Crippen LogP contribution in [0.2, 0.25) is 0 Å². The van der Waals surface area contributed by atoms with Gasteiger partial charge in [-0.05, 0) is 74.6 Å². The maximum absolute atomic E-state index is 11.8. The van der Waals surface area contributed by atoms with Gasteiger partial charge in [0.25, 0.3) is 0 Å². The molecule has 0 amide bonds. The number of aromatic amines is 2. The number of benzene rings is 4. The number of aromatic hydroxyl groups is 2. The molecule has 0 atom stereocenters. The number of fused-ring (bicyclic) bond motifs is 2. The lowest BCUT2D eigenvalue weighted by atomic mass is 9.59. The largest absolute Gasteiger partial charge is 0.507 e. The molecule has 0 unspecified atom stereocenters. The van der Waals surface area contributed by atoms with Crippen molar-refractivity contribution in [3.05, 3.63) is 82.9 Å². The molecule has 0 saturated heterocycles.